The molecule has 2 aliphatic rings. The molecule has 0 spiro atoms. The highest BCUT2D eigenvalue weighted by molar-refractivity contribution is 5.96. The summed E-state index contributed by atoms with van der Waals surface area (Å²) in [5, 5.41) is 0. The van der Waals surface area contributed by atoms with Crippen LogP contribution >= 0.6 is 0 Å². The van der Waals surface area contributed by atoms with Crippen molar-refractivity contribution in [3.05, 3.63) is 66.0 Å². The Bertz CT molecular complexity index is 805. The zero-order valence-corrected chi connectivity index (χ0v) is 16.7. The van der Waals surface area contributed by atoms with Crippen LogP contribution in [0.3, 0.4) is 0 Å². The maximum atomic E-state index is 13.5. The highest BCUT2D eigenvalue weighted by atomic mass is 19.1. The predicted molar refractivity (Wildman–Crippen MR) is 111 cm³/mol. The molecule has 2 amide bonds. The molecule has 0 N–H and O–H groups in total. The van der Waals surface area contributed by atoms with Gasteiger partial charge in [-0.25, -0.2) is 9.18 Å². The molecule has 2 aromatic carbocycles. The fourth-order valence-electron chi connectivity index (χ4n) is 4.98. The highest BCUT2D eigenvalue weighted by Crippen LogP contribution is 2.43. The lowest BCUT2D eigenvalue weighted by molar-refractivity contribution is 0.189. The van der Waals surface area contributed by atoms with Crippen molar-refractivity contribution in [1.29, 1.82) is 0 Å². The van der Waals surface area contributed by atoms with Gasteiger partial charge >= 0.3 is 6.03 Å². The van der Waals surface area contributed by atoms with E-state index in [1.165, 1.54) is 24.1 Å². The number of hydrogen-bond acceptors (Lipinski definition) is 1. The van der Waals surface area contributed by atoms with Gasteiger partial charge in [-0.05, 0) is 48.6 Å². The molecule has 2 aromatic rings. The maximum Gasteiger partial charge on any atom is 0.325 e. The second-order valence-electron chi connectivity index (χ2n) is 8.53. The number of fused-ring (bicyclic) bond motifs is 1. The molecule has 148 valence electrons. The van der Waals surface area contributed by atoms with Gasteiger partial charge in [0.25, 0.3) is 0 Å². The zero-order chi connectivity index (χ0) is 19.7. The number of nitrogens with zero attached hydrogens (tertiary/aromatic N) is 2. The van der Waals surface area contributed by atoms with E-state index in [4.69, 9.17) is 0 Å². The molecule has 0 unspecified atom stereocenters. The summed E-state index contributed by atoms with van der Waals surface area (Å²) in [6.07, 6.45) is 4.42. The molecule has 1 aliphatic carbocycles. The summed E-state index contributed by atoms with van der Waals surface area (Å²) in [5.74, 6) is 0.433. The molecule has 1 heterocycles. The first-order valence-electron chi connectivity index (χ1n) is 10.5. The van der Waals surface area contributed by atoms with Crippen LogP contribution < -0.4 is 4.90 Å². The van der Waals surface area contributed by atoms with Crippen LogP contribution in [-0.2, 0) is 0 Å². The van der Waals surface area contributed by atoms with Gasteiger partial charge in [-0.15, -0.1) is 0 Å². The monoisotopic (exact) mass is 380 g/mol. The zero-order valence-electron chi connectivity index (χ0n) is 16.7. The SMILES string of the molecule is CC(C)CN1C(=O)N(c2ccc(F)cc2)[C@@H]2[C@H](c3ccccc3)CCCC[C@@H]21. The molecule has 1 saturated carbocycles. The van der Waals surface area contributed by atoms with E-state index >= 15 is 0 Å². The van der Waals surface area contributed by atoms with Crippen molar-refractivity contribution in [2.24, 2.45) is 5.92 Å². The van der Waals surface area contributed by atoms with Crippen LogP contribution in [-0.4, -0.2) is 29.6 Å². The van der Waals surface area contributed by atoms with Gasteiger partial charge in [-0.3, -0.25) is 4.90 Å². The molecule has 1 saturated heterocycles. The molecular formula is C24H29FN2O. The second-order valence-corrected chi connectivity index (χ2v) is 8.53. The Morgan fingerprint density at radius 2 is 1.68 bits per heavy atom. The number of carbonyl (C=O) groups is 1. The van der Waals surface area contributed by atoms with Crippen molar-refractivity contribution in [1.82, 2.24) is 4.90 Å². The van der Waals surface area contributed by atoms with E-state index in [9.17, 15) is 9.18 Å². The highest BCUT2D eigenvalue weighted by Gasteiger charge is 2.50. The summed E-state index contributed by atoms with van der Waals surface area (Å²) in [4.78, 5) is 17.6. The molecule has 2 fully saturated rings. The molecule has 1 aliphatic heterocycles. The molecule has 3 atom stereocenters. The van der Waals surface area contributed by atoms with Crippen molar-refractivity contribution in [3.8, 4) is 0 Å². The smallest absolute Gasteiger partial charge is 0.319 e. The molecule has 0 radical (unpaired) electrons. The van der Waals surface area contributed by atoms with Gasteiger partial charge in [-0.2, -0.15) is 0 Å². The number of rotatable bonds is 4. The first kappa shape index (κ1) is 19.0. The number of urea groups is 1. The van der Waals surface area contributed by atoms with Crippen LogP contribution in [0.4, 0.5) is 14.9 Å². The number of halogens is 1. The number of benzene rings is 2. The fraction of sp³-hybridized carbons (Fsp3) is 0.458. The van der Waals surface area contributed by atoms with Gasteiger partial charge in [0.2, 0.25) is 0 Å². The summed E-state index contributed by atoms with van der Waals surface area (Å²) >= 11 is 0. The van der Waals surface area contributed by atoms with E-state index < -0.39 is 0 Å². The largest absolute Gasteiger partial charge is 0.325 e. The van der Waals surface area contributed by atoms with Crippen molar-refractivity contribution in [3.63, 3.8) is 0 Å². The van der Waals surface area contributed by atoms with Crippen molar-refractivity contribution in [2.75, 3.05) is 11.4 Å². The lowest BCUT2D eigenvalue weighted by Gasteiger charge is -2.33. The Balaban J connectivity index is 1.79. The van der Waals surface area contributed by atoms with E-state index in [0.29, 0.717) is 11.8 Å². The Kier molecular flexibility index (Phi) is 5.38. The predicted octanol–water partition coefficient (Wildman–Crippen LogP) is 5.82. The molecule has 0 bridgehead atoms. The van der Waals surface area contributed by atoms with Gasteiger partial charge in [0.05, 0.1) is 12.1 Å². The minimum atomic E-state index is -0.272. The van der Waals surface area contributed by atoms with Gasteiger partial charge in [-0.1, -0.05) is 57.0 Å². The Hall–Kier alpha value is -2.36. The number of amides is 2. The van der Waals surface area contributed by atoms with E-state index in [-0.39, 0.29) is 23.9 Å². The van der Waals surface area contributed by atoms with Crippen LogP contribution in [0.2, 0.25) is 0 Å². The topological polar surface area (TPSA) is 23.6 Å². The summed E-state index contributed by atoms with van der Waals surface area (Å²) < 4.78 is 13.5. The number of hydrogen-bond donors (Lipinski definition) is 0. The minimum Gasteiger partial charge on any atom is -0.319 e. The van der Waals surface area contributed by atoms with Crippen LogP contribution in [0.1, 0.15) is 51.0 Å². The molecular weight excluding hydrogens is 351 g/mol. The fourth-order valence-corrected chi connectivity index (χ4v) is 4.98. The van der Waals surface area contributed by atoms with E-state index in [0.717, 1.165) is 31.5 Å². The standard InChI is InChI=1S/C24H29FN2O/c1-17(2)16-26-22-11-7-6-10-21(18-8-4-3-5-9-18)23(22)27(24(26)28)20-14-12-19(25)13-15-20/h3-5,8-9,12-15,17,21-23H,6-7,10-11,16H2,1-2H3/t21-,22-,23+/m0/s1. The third-order valence-corrected chi connectivity index (χ3v) is 6.12. The number of carbonyl (C=O) groups excluding carboxylic acids is 1. The Labute approximate surface area is 167 Å². The maximum absolute atomic E-state index is 13.5. The van der Waals surface area contributed by atoms with Crippen LogP contribution in [0.15, 0.2) is 54.6 Å². The van der Waals surface area contributed by atoms with Crippen molar-refractivity contribution in [2.45, 2.75) is 57.5 Å². The summed E-state index contributed by atoms with van der Waals surface area (Å²) in [6.45, 7) is 5.08. The van der Waals surface area contributed by atoms with E-state index in [1.807, 2.05) is 11.0 Å². The van der Waals surface area contributed by atoms with Gasteiger partial charge < -0.3 is 4.90 Å². The van der Waals surface area contributed by atoms with Crippen molar-refractivity contribution < 1.29 is 9.18 Å². The van der Waals surface area contributed by atoms with Gasteiger partial charge in [0.1, 0.15) is 5.82 Å². The summed E-state index contributed by atoms with van der Waals surface area (Å²) in [5.41, 5.74) is 2.10. The van der Waals surface area contributed by atoms with Crippen LogP contribution in [0, 0.1) is 11.7 Å². The lowest BCUT2D eigenvalue weighted by Crippen LogP contribution is -2.41. The Morgan fingerprint density at radius 1 is 1.00 bits per heavy atom. The summed E-state index contributed by atoms with van der Waals surface area (Å²) in [7, 11) is 0. The summed E-state index contributed by atoms with van der Waals surface area (Å²) in [6, 6.07) is 17.3. The average molecular weight is 381 g/mol. The lowest BCUT2D eigenvalue weighted by atomic mass is 9.85. The Morgan fingerprint density at radius 3 is 2.36 bits per heavy atom. The average Bonchev–Trinajstić information content (AvgIpc) is 2.84. The molecule has 28 heavy (non-hydrogen) atoms. The molecule has 4 heteroatoms. The van der Waals surface area contributed by atoms with Gasteiger partial charge in [0, 0.05) is 18.2 Å². The molecule has 4 rings (SSSR count). The first-order valence-corrected chi connectivity index (χ1v) is 10.5. The van der Waals surface area contributed by atoms with E-state index in [2.05, 4.69) is 43.0 Å². The van der Waals surface area contributed by atoms with Crippen molar-refractivity contribution >= 4 is 11.7 Å². The normalized spacial score (nSPS) is 25.1. The van der Waals surface area contributed by atoms with Crippen LogP contribution in [0.25, 0.3) is 0 Å². The molecule has 0 aromatic heterocycles. The molecule has 3 nitrogen and oxygen atoms in total. The quantitative estimate of drug-likeness (QED) is 0.656. The van der Waals surface area contributed by atoms with Crippen LogP contribution in [0.5, 0.6) is 0 Å². The van der Waals surface area contributed by atoms with Gasteiger partial charge in [0.15, 0.2) is 0 Å². The minimum absolute atomic E-state index is 0.0677. The van der Waals surface area contributed by atoms with E-state index in [1.54, 1.807) is 12.1 Å². The first-order chi connectivity index (χ1) is 13.6. The third kappa shape index (κ3) is 3.52. The third-order valence-electron chi connectivity index (χ3n) is 6.12. The number of anilines is 1. The second kappa shape index (κ2) is 7.94.